The second-order valence-electron chi connectivity index (χ2n) is 7.77. The van der Waals surface area contributed by atoms with Crippen LogP contribution in [0.2, 0.25) is 0 Å². The maximum absolute atomic E-state index is 12.8. The van der Waals surface area contributed by atoms with Crippen LogP contribution in [0.5, 0.6) is 5.75 Å². The molecule has 8 nitrogen and oxygen atoms in total. The van der Waals surface area contributed by atoms with E-state index >= 15 is 0 Å². The Morgan fingerprint density at radius 2 is 1.65 bits per heavy atom. The number of hydrogen-bond donors (Lipinski definition) is 1. The highest BCUT2D eigenvalue weighted by Gasteiger charge is 2.24. The molecule has 2 aromatic carbocycles. The molecule has 1 saturated heterocycles. The number of rotatable bonds is 7. The molecule has 0 radical (unpaired) electrons. The third-order valence-corrected chi connectivity index (χ3v) is 6.74. The number of hydrogen-bond acceptors (Lipinski definition) is 6. The smallest absolute Gasteiger partial charge is 0.238 e. The number of nitrogens with two attached hydrogens (primary N) is 1. The van der Waals surface area contributed by atoms with Crippen LogP contribution in [0.1, 0.15) is 18.5 Å². The van der Waals surface area contributed by atoms with E-state index < -0.39 is 10.0 Å². The molecule has 0 bridgehead atoms. The number of sulfonamides is 1. The van der Waals surface area contributed by atoms with Crippen LogP contribution >= 0.6 is 0 Å². The highest BCUT2D eigenvalue weighted by molar-refractivity contribution is 7.89. The van der Waals surface area contributed by atoms with Gasteiger partial charge in [-0.2, -0.15) is 0 Å². The molecule has 1 fully saturated rings. The summed E-state index contributed by atoms with van der Waals surface area (Å²) < 4.78 is 28.0. The molecule has 1 atom stereocenters. The molecule has 0 unspecified atom stereocenters. The highest BCUT2D eigenvalue weighted by Crippen LogP contribution is 2.22. The minimum Gasteiger partial charge on any atom is -0.497 e. The van der Waals surface area contributed by atoms with Crippen LogP contribution < -0.4 is 14.8 Å². The van der Waals surface area contributed by atoms with E-state index in [0.717, 1.165) is 30.1 Å². The summed E-state index contributed by atoms with van der Waals surface area (Å²) in [6.07, 6.45) is 0. The fourth-order valence-electron chi connectivity index (χ4n) is 3.65. The van der Waals surface area contributed by atoms with Gasteiger partial charge in [0.25, 0.3) is 0 Å². The third kappa shape index (κ3) is 5.75. The fraction of sp³-hybridized carbons (Fsp3) is 0.409. The number of carbonyl (C=O) groups is 1. The molecule has 1 amide bonds. The molecule has 2 aromatic rings. The van der Waals surface area contributed by atoms with E-state index in [-0.39, 0.29) is 16.8 Å². The van der Waals surface area contributed by atoms with E-state index in [0.29, 0.717) is 19.6 Å². The van der Waals surface area contributed by atoms with Crippen LogP contribution in [0, 0.1) is 0 Å². The third-order valence-electron chi connectivity index (χ3n) is 5.81. The minimum absolute atomic E-state index is 0.0425. The van der Waals surface area contributed by atoms with Gasteiger partial charge in [-0.05, 0) is 55.9 Å². The van der Waals surface area contributed by atoms with E-state index in [4.69, 9.17) is 9.88 Å². The number of primary sulfonamides is 1. The van der Waals surface area contributed by atoms with Gasteiger partial charge in [0.1, 0.15) is 5.75 Å². The molecule has 31 heavy (non-hydrogen) atoms. The summed E-state index contributed by atoms with van der Waals surface area (Å²) >= 11 is 0. The van der Waals surface area contributed by atoms with Crippen LogP contribution in [0.25, 0.3) is 0 Å². The number of anilines is 1. The molecule has 0 aliphatic carbocycles. The predicted octanol–water partition coefficient (Wildman–Crippen LogP) is 1.68. The topological polar surface area (TPSA) is 96.2 Å². The summed E-state index contributed by atoms with van der Waals surface area (Å²) in [7, 11) is -0.170. The second kappa shape index (κ2) is 9.67. The lowest BCUT2D eigenvalue weighted by atomic mass is 10.1. The summed E-state index contributed by atoms with van der Waals surface area (Å²) in [6, 6.07) is 14.4. The minimum atomic E-state index is -3.71. The van der Waals surface area contributed by atoms with Gasteiger partial charge < -0.3 is 14.5 Å². The number of amides is 1. The van der Waals surface area contributed by atoms with Gasteiger partial charge in [0, 0.05) is 37.9 Å². The normalized spacial score (nSPS) is 15.8. The van der Waals surface area contributed by atoms with E-state index in [9.17, 15) is 13.2 Å². The lowest BCUT2D eigenvalue weighted by Crippen LogP contribution is -2.51. The maximum Gasteiger partial charge on any atom is 0.238 e. The molecule has 0 aromatic heterocycles. The van der Waals surface area contributed by atoms with Crippen molar-refractivity contribution >= 4 is 21.6 Å². The van der Waals surface area contributed by atoms with Gasteiger partial charge in [-0.25, -0.2) is 13.6 Å². The molecule has 1 heterocycles. The summed E-state index contributed by atoms with van der Waals surface area (Å²) in [5.74, 6) is 0.916. The van der Waals surface area contributed by atoms with Gasteiger partial charge in [-0.3, -0.25) is 9.69 Å². The van der Waals surface area contributed by atoms with E-state index in [1.54, 1.807) is 19.2 Å². The standard InChI is InChI=1S/C22H30N4O4S/c1-17(18-4-10-21(11-5-18)31(23,28)29)24(2)16-22(27)26-14-12-25(13-15-26)19-6-8-20(30-3)9-7-19/h4-11,17H,12-16H2,1-3H3,(H2,23,28,29)/t17-/m0/s1. The van der Waals surface area contributed by atoms with Crippen molar-refractivity contribution in [3.05, 3.63) is 54.1 Å². The predicted molar refractivity (Wildman–Crippen MR) is 121 cm³/mol. The average Bonchev–Trinajstić information content (AvgIpc) is 2.78. The molecule has 9 heteroatoms. The number of likely N-dealkylation sites (N-methyl/N-ethyl adjacent to an activating group) is 1. The number of benzene rings is 2. The van der Waals surface area contributed by atoms with Crippen molar-refractivity contribution in [1.29, 1.82) is 0 Å². The van der Waals surface area contributed by atoms with Crippen molar-refractivity contribution in [3.63, 3.8) is 0 Å². The van der Waals surface area contributed by atoms with Gasteiger partial charge in [-0.1, -0.05) is 12.1 Å². The molecular formula is C22H30N4O4S. The summed E-state index contributed by atoms with van der Waals surface area (Å²) in [5, 5.41) is 5.15. The van der Waals surface area contributed by atoms with Crippen LogP contribution in [0.3, 0.4) is 0 Å². The van der Waals surface area contributed by atoms with E-state index in [1.807, 2.05) is 48.0 Å². The Bertz CT molecular complexity index is 985. The van der Waals surface area contributed by atoms with Crippen LogP contribution in [-0.2, 0) is 14.8 Å². The van der Waals surface area contributed by atoms with Crippen LogP contribution in [-0.4, -0.2) is 71.0 Å². The van der Waals surface area contributed by atoms with Crippen LogP contribution in [0.15, 0.2) is 53.4 Å². The van der Waals surface area contributed by atoms with E-state index in [2.05, 4.69) is 4.90 Å². The molecule has 2 N–H and O–H groups in total. The Labute approximate surface area is 184 Å². The van der Waals surface area contributed by atoms with Gasteiger partial charge in [-0.15, -0.1) is 0 Å². The van der Waals surface area contributed by atoms with Gasteiger partial charge in [0.15, 0.2) is 0 Å². The Hall–Kier alpha value is -2.62. The summed E-state index contributed by atoms with van der Waals surface area (Å²) in [6.45, 7) is 5.20. The van der Waals surface area contributed by atoms with Gasteiger partial charge in [0.05, 0.1) is 18.6 Å². The van der Waals surface area contributed by atoms with Crippen molar-refractivity contribution in [2.75, 3.05) is 51.8 Å². The largest absolute Gasteiger partial charge is 0.497 e. The number of methoxy groups -OCH3 is 1. The lowest BCUT2D eigenvalue weighted by Gasteiger charge is -2.37. The monoisotopic (exact) mass is 446 g/mol. The fourth-order valence-corrected chi connectivity index (χ4v) is 4.16. The first-order valence-electron chi connectivity index (χ1n) is 10.2. The van der Waals surface area contributed by atoms with Crippen molar-refractivity contribution in [3.8, 4) is 5.75 Å². The van der Waals surface area contributed by atoms with Crippen molar-refractivity contribution in [2.45, 2.75) is 17.9 Å². The van der Waals surface area contributed by atoms with Gasteiger partial charge in [0.2, 0.25) is 15.9 Å². The molecule has 0 spiro atoms. The highest BCUT2D eigenvalue weighted by atomic mass is 32.2. The Morgan fingerprint density at radius 3 is 2.16 bits per heavy atom. The first-order chi connectivity index (χ1) is 14.7. The molecule has 1 aliphatic heterocycles. The summed E-state index contributed by atoms with van der Waals surface area (Å²) in [5.41, 5.74) is 2.05. The Balaban J connectivity index is 1.52. The zero-order chi connectivity index (χ0) is 22.6. The van der Waals surface area contributed by atoms with Gasteiger partial charge >= 0.3 is 0 Å². The first kappa shape index (κ1) is 23.1. The number of ether oxygens (including phenoxy) is 1. The lowest BCUT2D eigenvalue weighted by molar-refractivity contribution is -0.132. The maximum atomic E-state index is 12.8. The molecule has 0 saturated carbocycles. The number of piperazine rings is 1. The van der Waals surface area contributed by atoms with Crippen molar-refractivity contribution in [1.82, 2.24) is 9.80 Å². The zero-order valence-electron chi connectivity index (χ0n) is 18.2. The molecule has 1 aliphatic rings. The average molecular weight is 447 g/mol. The molecule has 3 rings (SSSR count). The van der Waals surface area contributed by atoms with Crippen LogP contribution in [0.4, 0.5) is 5.69 Å². The first-order valence-corrected chi connectivity index (χ1v) is 11.7. The van der Waals surface area contributed by atoms with Crippen molar-refractivity contribution < 1.29 is 17.9 Å². The number of carbonyl (C=O) groups excluding carboxylic acids is 1. The Morgan fingerprint density at radius 1 is 1.06 bits per heavy atom. The zero-order valence-corrected chi connectivity index (χ0v) is 19.0. The van der Waals surface area contributed by atoms with E-state index in [1.165, 1.54) is 12.1 Å². The number of nitrogens with zero attached hydrogens (tertiary/aromatic N) is 3. The SMILES string of the molecule is COc1ccc(N2CCN(C(=O)CN(C)[C@@H](C)c3ccc(S(N)(=O)=O)cc3)CC2)cc1. The summed E-state index contributed by atoms with van der Waals surface area (Å²) in [4.78, 5) is 19.0. The molecule has 168 valence electrons. The second-order valence-corrected chi connectivity index (χ2v) is 9.33. The quantitative estimate of drug-likeness (QED) is 0.695. The molecular weight excluding hydrogens is 416 g/mol. The van der Waals surface area contributed by atoms with Crippen molar-refractivity contribution in [2.24, 2.45) is 5.14 Å². The Kier molecular flexibility index (Phi) is 7.19.